The summed E-state index contributed by atoms with van der Waals surface area (Å²) in [5, 5.41) is 15.5. The number of nitrogens with zero attached hydrogens (tertiary/aromatic N) is 3. The van der Waals surface area contributed by atoms with Crippen molar-refractivity contribution in [2.24, 2.45) is 0 Å². The van der Waals surface area contributed by atoms with Crippen molar-refractivity contribution < 1.29 is 23.9 Å². The van der Waals surface area contributed by atoms with Gasteiger partial charge in [0.1, 0.15) is 23.7 Å². The summed E-state index contributed by atoms with van der Waals surface area (Å²) in [6, 6.07) is 11.5. The molecule has 9 heteroatoms. The molecule has 1 atom stereocenters. The van der Waals surface area contributed by atoms with E-state index in [0.717, 1.165) is 29.3 Å². The summed E-state index contributed by atoms with van der Waals surface area (Å²) in [5.74, 6) is 1.94. The maximum Gasteiger partial charge on any atom is 0.235 e. The molecule has 0 spiro atoms. The molecule has 1 aromatic carbocycles. The van der Waals surface area contributed by atoms with Crippen LogP contribution in [0.1, 0.15) is 16.5 Å². The van der Waals surface area contributed by atoms with Gasteiger partial charge >= 0.3 is 0 Å². The van der Waals surface area contributed by atoms with E-state index >= 15 is 0 Å². The minimum atomic E-state index is -0.0606. The van der Waals surface area contributed by atoms with E-state index in [2.05, 4.69) is 16.1 Å². The van der Waals surface area contributed by atoms with E-state index in [1.807, 2.05) is 18.2 Å². The van der Waals surface area contributed by atoms with E-state index in [0.29, 0.717) is 29.8 Å². The molecule has 4 heterocycles. The smallest absolute Gasteiger partial charge is 0.235 e. The molecular formula is C20H21N4O4S+. The van der Waals surface area contributed by atoms with Crippen LogP contribution >= 0.6 is 11.3 Å². The molecule has 3 aromatic heterocycles. The van der Waals surface area contributed by atoms with E-state index in [1.165, 1.54) is 20.8 Å². The topological polar surface area (TPSA) is 86.5 Å². The maximum absolute atomic E-state index is 11.1. The molecule has 8 nitrogen and oxygen atoms in total. The molecule has 1 aliphatic heterocycles. The molecule has 0 radical (unpaired) electrons. The number of ether oxygens (including phenoxy) is 2. The van der Waals surface area contributed by atoms with Crippen molar-refractivity contribution in [1.29, 1.82) is 0 Å². The number of morpholine rings is 1. The van der Waals surface area contributed by atoms with Crippen LogP contribution in [0.2, 0.25) is 0 Å². The van der Waals surface area contributed by atoms with Crippen LogP contribution in [0.5, 0.6) is 11.6 Å². The van der Waals surface area contributed by atoms with E-state index < -0.39 is 0 Å². The first kappa shape index (κ1) is 18.2. The number of hydrogen-bond donors (Lipinski definition) is 2. The first-order valence-electron chi connectivity index (χ1n) is 9.43. The fourth-order valence-electron chi connectivity index (χ4n) is 3.76. The van der Waals surface area contributed by atoms with Crippen molar-refractivity contribution in [1.82, 2.24) is 14.6 Å². The highest BCUT2D eigenvalue weighted by Gasteiger charge is 2.34. The summed E-state index contributed by atoms with van der Waals surface area (Å²) < 4.78 is 17.8. The molecule has 0 unspecified atom stereocenters. The molecule has 1 fully saturated rings. The Bertz CT molecular complexity index is 1120. The van der Waals surface area contributed by atoms with Gasteiger partial charge in [0.15, 0.2) is 11.8 Å². The van der Waals surface area contributed by atoms with Gasteiger partial charge in [0, 0.05) is 5.56 Å². The third-order valence-electron chi connectivity index (χ3n) is 5.17. The Morgan fingerprint density at radius 1 is 1.24 bits per heavy atom. The predicted octanol–water partition coefficient (Wildman–Crippen LogP) is 1.77. The van der Waals surface area contributed by atoms with E-state index in [1.54, 1.807) is 25.5 Å². The van der Waals surface area contributed by atoms with Crippen molar-refractivity contribution in [3.8, 4) is 23.2 Å². The Hall–Kier alpha value is -2.88. The van der Waals surface area contributed by atoms with Gasteiger partial charge in [-0.1, -0.05) is 23.5 Å². The first-order chi connectivity index (χ1) is 14.2. The van der Waals surface area contributed by atoms with Gasteiger partial charge in [0.25, 0.3) is 0 Å². The van der Waals surface area contributed by atoms with Gasteiger partial charge in [-0.15, -0.1) is 5.10 Å². The number of fused-ring (bicyclic) bond motifs is 1. The molecule has 29 heavy (non-hydrogen) atoms. The average molecular weight is 413 g/mol. The van der Waals surface area contributed by atoms with Crippen LogP contribution < -0.4 is 9.64 Å². The normalized spacial score (nSPS) is 16.3. The Kier molecular flexibility index (Phi) is 4.70. The number of quaternary nitrogens is 1. The number of thiazole rings is 1. The molecule has 0 aliphatic carbocycles. The third-order valence-corrected chi connectivity index (χ3v) is 6.26. The number of aromatic hydroxyl groups is 1. The van der Waals surface area contributed by atoms with E-state index in [-0.39, 0.29) is 11.9 Å². The highest BCUT2D eigenvalue weighted by atomic mass is 32.1. The highest BCUT2D eigenvalue weighted by Crippen LogP contribution is 2.36. The summed E-state index contributed by atoms with van der Waals surface area (Å²) in [4.78, 5) is 7.34. The zero-order chi connectivity index (χ0) is 19.8. The van der Waals surface area contributed by atoms with Gasteiger partial charge in [0.05, 0.1) is 26.6 Å². The Morgan fingerprint density at radius 3 is 2.83 bits per heavy atom. The van der Waals surface area contributed by atoms with Crippen molar-refractivity contribution in [2.75, 3.05) is 33.4 Å². The standard InChI is InChI=1S/C20H20N4O4S/c1-26-14-5-2-4-13(12-14)16(23-7-10-27-11-8-23)17-19(25)24-20(29-17)21-18(22-24)15-6-3-9-28-15/h2-6,9,12,16,25H,7-8,10-11H2,1H3/p+1/t16-/m1/s1. The summed E-state index contributed by atoms with van der Waals surface area (Å²) in [6.07, 6.45) is 1.58. The minimum absolute atomic E-state index is 0.0606. The fourth-order valence-corrected chi connectivity index (χ4v) is 4.91. The fraction of sp³-hybridized carbons (Fsp3) is 0.300. The Labute approximate surface area is 170 Å². The van der Waals surface area contributed by atoms with Gasteiger partial charge in [-0.25, -0.2) is 0 Å². The number of rotatable bonds is 5. The molecule has 0 bridgehead atoms. The van der Waals surface area contributed by atoms with Crippen LogP contribution in [0, 0.1) is 0 Å². The zero-order valence-corrected chi connectivity index (χ0v) is 16.7. The van der Waals surface area contributed by atoms with Crippen molar-refractivity contribution in [3.63, 3.8) is 0 Å². The van der Waals surface area contributed by atoms with Gasteiger partial charge in [-0.2, -0.15) is 9.50 Å². The van der Waals surface area contributed by atoms with Crippen LogP contribution in [0.3, 0.4) is 0 Å². The largest absolute Gasteiger partial charge is 0.497 e. The van der Waals surface area contributed by atoms with Gasteiger partial charge in [-0.05, 0) is 24.3 Å². The van der Waals surface area contributed by atoms with Crippen LogP contribution in [0.25, 0.3) is 16.5 Å². The molecule has 1 aliphatic rings. The zero-order valence-electron chi connectivity index (χ0n) is 15.9. The summed E-state index contributed by atoms with van der Waals surface area (Å²) in [7, 11) is 1.66. The first-order valence-corrected chi connectivity index (χ1v) is 10.2. The lowest BCUT2D eigenvalue weighted by Gasteiger charge is -2.31. The summed E-state index contributed by atoms with van der Waals surface area (Å²) in [5.41, 5.74) is 1.08. The SMILES string of the molecule is COc1cccc([C@H](c2sc3nc(-c4ccco4)nn3c2O)[NH+]2CCOCC2)c1. The van der Waals surface area contributed by atoms with Crippen LogP contribution in [-0.4, -0.2) is 53.1 Å². The van der Waals surface area contributed by atoms with Crippen LogP contribution in [-0.2, 0) is 4.74 Å². The molecule has 150 valence electrons. The Morgan fingerprint density at radius 2 is 2.10 bits per heavy atom. The number of benzene rings is 1. The maximum atomic E-state index is 11.1. The number of hydrogen-bond acceptors (Lipinski definition) is 7. The minimum Gasteiger partial charge on any atom is -0.497 e. The quantitative estimate of drug-likeness (QED) is 0.519. The molecule has 1 saturated heterocycles. The Balaban J connectivity index is 1.60. The predicted molar refractivity (Wildman–Crippen MR) is 107 cm³/mol. The van der Waals surface area contributed by atoms with Crippen molar-refractivity contribution in [2.45, 2.75) is 6.04 Å². The van der Waals surface area contributed by atoms with E-state index in [9.17, 15) is 5.11 Å². The highest BCUT2D eigenvalue weighted by molar-refractivity contribution is 7.17. The lowest BCUT2D eigenvalue weighted by Crippen LogP contribution is -3.14. The number of nitrogens with one attached hydrogen (secondary N) is 1. The van der Waals surface area contributed by atoms with Gasteiger partial charge < -0.3 is 23.9 Å². The number of furan rings is 1. The summed E-state index contributed by atoms with van der Waals surface area (Å²) in [6.45, 7) is 3.10. The second kappa shape index (κ2) is 7.51. The summed E-state index contributed by atoms with van der Waals surface area (Å²) >= 11 is 1.45. The van der Waals surface area contributed by atoms with Gasteiger partial charge in [-0.3, -0.25) is 0 Å². The molecule has 4 aromatic rings. The third kappa shape index (κ3) is 3.27. The van der Waals surface area contributed by atoms with Crippen LogP contribution in [0.4, 0.5) is 0 Å². The van der Waals surface area contributed by atoms with Crippen molar-refractivity contribution in [3.05, 3.63) is 53.1 Å². The van der Waals surface area contributed by atoms with Crippen molar-refractivity contribution >= 4 is 16.3 Å². The second-order valence-corrected chi connectivity index (χ2v) is 7.89. The van der Waals surface area contributed by atoms with Crippen LogP contribution in [0.15, 0.2) is 47.1 Å². The number of methoxy groups -OCH3 is 1. The second-order valence-electron chi connectivity index (χ2n) is 6.88. The monoisotopic (exact) mass is 413 g/mol. The molecule has 2 N–H and O–H groups in total. The lowest BCUT2D eigenvalue weighted by atomic mass is 10.0. The molecular weight excluding hydrogens is 392 g/mol. The van der Waals surface area contributed by atoms with E-state index in [4.69, 9.17) is 13.9 Å². The molecule has 5 rings (SSSR count). The molecule has 0 saturated carbocycles. The average Bonchev–Trinajstić information content (AvgIpc) is 3.48. The number of aromatic nitrogens is 3. The lowest BCUT2D eigenvalue weighted by molar-refractivity contribution is -0.932. The molecule has 0 amide bonds. The van der Waals surface area contributed by atoms with Gasteiger partial charge in [0.2, 0.25) is 16.7 Å².